The number of nitrogens with zero attached hydrogens (tertiary/aromatic N) is 4. The van der Waals surface area contributed by atoms with E-state index < -0.39 is 5.91 Å². The molecular weight excluding hydrogens is 408 g/mol. The van der Waals surface area contributed by atoms with Gasteiger partial charge in [-0.05, 0) is 55.4 Å². The van der Waals surface area contributed by atoms with Crippen LogP contribution in [0.25, 0.3) is 5.65 Å². The molecule has 1 spiro atoms. The fourth-order valence-corrected chi connectivity index (χ4v) is 4.61. The first kappa shape index (κ1) is 18.8. The van der Waals surface area contributed by atoms with E-state index in [4.69, 9.17) is 22.1 Å². The van der Waals surface area contributed by atoms with Gasteiger partial charge >= 0.3 is 0 Å². The molecule has 9 nitrogen and oxygen atoms in total. The Hall–Kier alpha value is -3.20. The summed E-state index contributed by atoms with van der Waals surface area (Å²) in [5.74, 6) is -0.485. The van der Waals surface area contributed by atoms with E-state index in [1.54, 1.807) is 36.7 Å². The summed E-state index contributed by atoms with van der Waals surface area (Å²) >= 11 is 5.87. The van der Waals surface area contributed by atoms with Gasteiger partial charge in [-0.2, -0.15) is 5.10 Å². The van der Waals surface area contributed by atoms with Gasteiger partial charge in [-0.1, -0.05) is 11.6 Å². The zero-order chi connectivity index (χ0) is 20.9. The van der Waals surface area contributed by atoms with Crippen molar-refractivity contribution < 1.29 is 14.3 Å². The number of hydrogen-bond acceptors (Lipinski definition) is 6. The highest BCUT2D eigenvalue weighted by Crippen LogP contribution is 2.56. The summed E-state index contributed by atoms with van der Waals surface area (Å²) in [6.07, 6.45) is 6.66. The van der Waals surface area contributed by atoms with Crippen molar-refractivity contribution in [2.24, 2.45) is 11.1 Å². The van der Waals surface area contributed by atoms with E-state index in [2.05, 4.69) is 20.4 Å². The lowest BCUT2D eigenvalue weighted by atomic mass is 9.53. The van der Waals surface area contributed by atoms with Crippen LogP contribution in [0.15, 0.2) is 36.7 Å². The SMILES string of the molecule is NC(=O)c1cccnc1OC1CC2(CC(NC(=O)c3cn4nc(Cl)ccc4n3)C2)C1. The number of carbonyl (C=O) groups excluding carboxylic acids is 2. The molecule has 5 rings (SSSR count). The van der Waals surface area contributed by atoms with E-state index in [-0.39, 0.29) is 29.3 Å². The van der Waals surface area contributed by atoms with Crippen LogP contribution in [0.3, 0.4) is 0 Å². The van der Waals surface area contributed by atoms with Crippen molar-refractivity contribution in [1.82, 2.24) is 24.9 Å². The summed E-state index contributed by atoms with van der Waals surface area (Å²) < 4.78 is 7.36. The van der Waals surface area contributed by atoms with E-state index in [1.165, 1.54) is 4.52 Å². The first-order valence-corrected chi connectivity index (χ1v) is 10.0. The molecule has 2 aliphatic carbocycles. The van der Waals surface area contributed by atoms with E-state index in [0.717, 1.165) is 25.7 Å². The van der Waals surface area contributed by atoms with Crippen LogP contribution >= 0.6 is 11.6 Å². The van der Waals surface area contributed by atoms with Crippen molar-refractivity contribution in [3.63, 3.8) is 0 Å². The molecule has 2 aliphatic rings. The number of aromatic nitrogens is 4. The Morgan fingerprint density at radius 1 is 1.23 bits per heavy atom. The fourth-order valence-electron chi connectivity index (χ4n) is 4.47. The van der Waals surface area contributed by atoms with Crippen molar-refractivity contribution in [3.8, 4) is 5.88 Å². The van der Waals surface area contributed by atoms with E-state index in [9.17, 15) is 9.59 Å². The van der Waals surface area contributed by atoms with Gasteiger partial charge in [0.05, 0.1) is 6.20 Å². The number of halogens is 1. The standard InChI is InChI=1S/C20H19ClN6O3/c21-15-3-4-16-25-14(10-27(16)26-15)18(29)24-11-6-20(7-11)8-12(9-20)30-19-13(17(22)28)2-1-5-23-19/h1-5,10-12H,6-9H2,(H2,22,28)(H,24,29). The minimum atomic E-state index is -0.553. The molecule has 3 aromatic rings. The summed E-state index contributed by atoms with van der Waals surface area (Å²) in [7, 11) is 0. The fraction of sp³-hybridized carbons (Fsp3) is 0.350. The summed E-state index contributed by atoms with van der Waals surface area (Å²) in [6.45, 7) is 0. The molecule has 0 radical (unpaired) electrons. The lowest BCUT2D eigenvalue weighted by molar-refractivity contribution is -0.0848. The molecule has 0 aromatic carbocycles. The molecule has 154 valence electrons. The Morgan fingerprint density at radius 3 is 2.80 bits per heavy atom. The number of hydrogen-bond donors (Lipinski definition) is 2. The Labute approximate surface area is 176 Å². The normalized spacial score (nSPS) is 24.8. The lowest BCUT2D eigenvalue weighted by Gasteiger charge is -2.57. The van der Waals surface area contributed by atoms with Crippen LogP contribution in [0, 0.1) is 5.41 Å². The predicted octanol–water partition coefficient (Wildman–Crippen LogP) is 2.00. The maximum atomic E-state index is 12.5. The molecule has 10 heteroatoms. The number of nitrogens with two attached hydrogens (primary N) is 1. The number of amides is 2. The molecule has 3 aromatic heterocycles. The van der Waals surface area contributed by atoms with Crippen LogP contribution in [0.1, 0.15) is 46.5 Å². The maximum Gasteiger partial charge on any atom is 0.271 e. The average molecular weight is 427 g/mol. The van der Waals surface area contributed by atoms with Gasteiger partial charge < -0.3 is 15.8 Å². The largest absolute Gasteiger partial charge is 0.474 e. The molecule has 0 unspecified atom stereocenters. The zero-order valence-corrected chi connectivity index (χ0v) is 16.7. The highest BCUT2D eigenvalue weighted by Gasteiger charge is 2.54. The van der Waals surface area contributed by atoms with E-state index in [0.29, 0.717) is 22.1 Å². The van der Waals surface area contributed by atoms with Crippen LogP contribution in [0.5, 0.6) is 5.88 Å². The third-order valence-corrected chi connectivity index (χ3v) is 6.05. The number of imidazole rings is 1. The minimum Gasteiger partial charge on any atom is -0.474 e. The Kier molecular flexibility index (Phi) is 4.35. The maximum absolute atomic E-state index is 12.5. The van der Waals surface area contributed by atoms with Crippen molar-refractivity contribution in [3.05, 3.63) is 53.1 Å². The van der Waals surface area contributed by atoms with Gasteiger partial charge in [0, 0.05) is 12.2 Å². The number of fused-ring (bicyclic) bond motifs is 1. The number of rotatable bonds is 5. The van der Waals surface area contributed by atoms with Crippen LogP contribution in [0.2, 0.25) is 5.15 Å². The molecule has 30 heavy (non-hydrogen) atoms. The zero-order valence-electron chi connectivity index (χ0n) is 15.9. The number of ether oxygens (including phenoxy) is 1. The van der Waals surface area contributed by atoms with Crippen LogP contribution in [-0.4, -0.2) is 43.5 Å². The second-order valence-corrected chi connectivity index (χ2v) is 8.42. The lowest BCUT2D eigenvalue weighted by Crippen LogP contribution is -2.58. The van der Waals surface area contributed by atoms with Gasteiger partial charge in [0.1, 0.15) is 22.5 Å². The molecule has 2 amide bonds. The number of primary amides is 1. The van der Waals surface area contributed by atoms with Crippen molar-refractivity contribution in [2.75, 3.05) is 0 Å². The number of carbonyl (C=O) groups is 2. The highest BCUT2D eigenvalue weighted by molar-refractivity contribution is 6.29. The molecule has 0 bridgehead atoms. The Balaban J connectivity index is 1.14. The number of nitrogens with one attached hydrogen (secondary N) is 1. The Morgan fingerprint density at radius 2 is 2.03 bits per heavy atom. The first-order chi connectivity index (χ1) is 14.4. The van der Waals surface area contributed by atoms with Crippen molar-refractivity contribution in [2.45, 2.75) is 37.8 Å². The van der Waals surface area contributed by atoms with Crippen molar-refractivity contribution >= 4 is 29.1 Å². The Bertz CT molecular complexity index is 1150. The molecule has 0 atom stereocenters. The van der Waals surface area contributed by atoms with Crippen LogP contribution in [-0.2, 0) is 0 Å². The van der Waals surface area contributed by atoms with Crippen molar-refractivity contribution in [1.29, 1.82) is 0 Å². The first-order valence-electron chi connectivity index (χ1n) is 9.65. The third-order valence-electron chi connectivity index (χ3n) is 5.85. The molecule has 3 N–H and O–H groups in total. The quantitative estimate of drug-likeness (QED) is 0.642. The van der Waals surface area contributed by atoms with Gasteiger partial charge in [0.2, 0.25) is 5.88 Å². The van der Waals surface area contributed by atoms with Gasteiger partial charge in [0.25, 0.3) is 11.8 Å². The van der Waals surface area contributed by atoms with E-state index >= 15 is 0 Å². The smallest absolute Gasteiger partial charge is 0.271 e. The summed E-state index contributed by atoms with van der Waals surface area (Å²) in [6, 6.07) is 6.72. The van der Waals surface area contributed by atoms with E-state index in [1.807, 2.05) is 0 Å². The van der Waals surface area contributed by atoms with Gasteiger partial charge in [-0.25, -0.2) is 14.5 Å². The number of pyridine rings is 1. The van der Waals surface area contributed by atoms with Gasteiger partial charge in [0.15, 0.2) is 5.65 Å². The second-order valence-electron chi connectivity index (χ2n) is 8.03. The van der Waals surface area contributed by atoms with Gasteiger partial charge in [-0.3, -0.25) is 9.59 Å². The summed E-state index contributed by atoms with van der Waals surface area (Å²) in [5, 5.41) is 7.46. The monoisotopic (exact) mass is 426 g/mol. The predicted molar refractivity (Wildman–Crippen MR) is 107 cm³/mol. The molecule has 0 saturated heterocycles. The summed E-state index contributed by atoms with van der Waals surface area (Å²) in [4.78, 5) is 32.4. The van der Waals surface area contributed by atoms with Crippen LogP contribution < -0.4 is 15.8 Å². The molecule has 0 aliphatic heterocycles. The molecule has 2 fully saturated rings. The molecular formula is C20H19ClN6O3. The van der Waals surface area contributed by atoms with Crippen LogP contribution in [0.4, 0.5) is 0 Å². The topological polar surface area (TPSA) is 124 Å². The average Bonchev–Trinajstić information content (AvgIpc) is 3.08. The highest BCUT2D eigenvalue weighted by atomic mass is 35.5. The third kappa shape index (κ3) is 3.35. The molecule has 2 saturated carbocycles. The second kappa shape index (κ2) is 6.94. The minimum absolute atomic E-state index is 0.00362. The summed E-state index contributed by atoms with van der Waals surface area (Å²) in [5.41, 5.74) is 6.72. The van der Waals surface area contributed by atoms with Gasteiger partial charge in [-0.15, -0.1) is 0 Å². The molecule has 3 heterocycles.